The molecule has 18 heavy (non-hydrogen) atoms. The van der Waals surface area contributed by atoms with Gasteiger partial charge < -0.3 is 19.8 Å². The maximum atomic E-state index is 11.9. The minimum atomic E-state index is -1.12. The highest BCUT2D eigenvalue weighted by Crippen LogP contribution is 2.49. The fourth-order valence-corrected chi connectivity index (χ4v) is 3.45. The Morgan fingerprint density at radius 2 is 2.17 bits per heavy atom. The van der Waals surface area contributed by atoms with Gasteiger partial charge in [0.05, 0.1) is 24.5 Å². The third-order valence-electron chi connectivity index (χ3n) is 4.14. The molecular weight excluding hydrogens is 242 g/mol. The van der Waals surface area contributed by atoms with Gasteiger partial charge in [-0.15, -0.1) is 0 Å². The summed E-state index contributed by atoms with van der Waals surface area (Å²) in [6, 6.07) is -1.50. The molecule has 0 unspecified atom stereocenters. The molecule has 3 fully saturated rings. The molecule has 2 N–H and O–H groups in total. The normalized spacial score (nSPS) is 43.0. The number of aliphatic hydroxyl groups excluding tert-OH is 1. The number of aliphatic carboxylic acids is 1. The fraction of sp³-hybridized carbons (Fsp3) is 0.727. The molecule has 0 radical (unpaired) electrons. The van der Waals surface area contributed by atoms with E-state index in [1.807, 2.05) is 0 Å². The summed E-state index contributed by atoms with van der Waals surface area (Å²) >= 11 is 0. The number of amides is 1. The van der Waals surface area contributed by atoms with E-state index in [0.717, 1.165) is 0 Å². The van der Waals surface area contributed by atoms with Gasteiger partial charge in [-0.25, -0.2) is 4.79 Å². The van der Waals surface area contributed by atoms with Gasteiger partial charge in [0.25, 0.3) is 0 Å². The Labute approximate surface area is 102 Å². The van der Waals surface area contributed by atoms with Crippen molar-refractivity contribution < 1.29 is 29.3 Å². The number of carboxylic acids is 1. The number of hydrogen-bond acceptors (Lipinski definition) is 5. The molecular formula is C11H13NO6. The first kappa shape index (κ1) is 11.5. The largest absolute Gasteiger partial charge is 0.480 e. The van der Waals surface area contributed by atoms with Crippen LogP contribution in [-0.2, 0) is 19.1 Å². The second-order valence-corrected chi connectivity index (χ2v) is 5.11. The minimum absolute atomic E-state index is 0.0223. The van der Waals surface area contributed by atoms with Crippen LogP contribution in [0.4, 0.5) is 0 Å². The fourth-order valence-electron chi connectivity index (χ4n) is 3.45. The number of nitrogens with zero attached hydrogens (tertiary/aromatic N) is 1. The average molecular weight is 255 g/mol. The molecule has 0 aliphatic carbocycles. The summed E-state index contributed by atoms with van der Waals surface area (Å²) in [6.07, 6.45) is -1.43. The first-order chi connectivity index (χ1) is 8.43. The Kier molecular flexibility index (Phi) is 2.19. The number of hydrogen-bond donors (Lipinski definition) is 2. The summed E-state index contributed by atoms with van der Waals surface area (Å²) in [7, 11) is 0. The molecule has 3 saturated heterocycles. The summed E-state index contributed by atoms with van der Waals surface area (Å²) in [5, 5.41) is 18.8. The molecule has 7 heteroatoms. The molecule has 0 saturated carbocycles. The van der Waals surface area contributed by atoms with Crippen molar-refractivity contribution in [3.63, 3.8) is 0 Å². The van der Waals surface area contributed by atoms with Crippen LogP contribution in [0, 0.1) is 11.8 Å². The van der Waals surface area contributed by atoms with Crippen LogP contribution in [0.5, 0.6) is 0 Å². The molecule has 3 aliphatic heterocycles. The number of aliphatic hydroxyl groups is 1. The van der Waals surface area contributed by atoms with E-state index in [-0.39, 0.29) is 12.3 Å². The second-order valence-electron chi connectivity index (χ2n) is 5.11. The number of β-lactam (4-membered cyclic amide) rings is 1. The maximum absolute atomic E-state index is 11.9. The number of carbonyl (C=O) groups is 3. The number of ether oxygens (including phenoxy) is 1. The van der Waals surface area contributed by atoms with Gasteiger partial charge in [-0.05, 0) is 6.92 Å². The Hall–Kier alpha value is -1.63. The summed E-state index contributed by atoms with van der Waals surface area (Å²) in [4.78, 5) is 35.6. The maximum Gasteiger partial charge on any atom is 0.326 e. The van der Waals surface area contributed by atoms with Crippen molar-refractivity contribution in [3.05, 3.63) is 0 Å². The van der Waals surface area contributed by atoms with E-state index in [9.17, 15) is 24.6 Å². The number of esters is 1. The molecule has 6 atom stereocenters. The monoisotopic (exact) mass is 255 g/mol. The van der Waals surface area contributed by atoms with E-state index in [4.69, 9.17) is 4.74 Å². The lowest BCUT2D eigenvalue weighted by Gasteiger charge is -2.46. The van der Waals surface area contributed by atoms with Crippen LogP contribution in [0.15, 0.2) is 0 Å². The van der Waals surface area contributed by atoms with E-state index >= 15 is 0 Å². The highest BCUT2D eigenvalue weighted by Gasteiger charge is 2.69. The van der Waals surface area contributed by atoms with Crippen LogP contribution in [-0.4, -0.2) is 57.3 Å². The average Bonchev–Trinajstić information content (AvgIpc) is 2.71. The van der Waals surface area contributed by atoms with Crippen molar-refractivity contribution in [2.75, 3.05) is 0 Å². The SMILES string of the molecule is C[C@@H](O)[C@H]1C(=O)N2[C@@H]1[C@H]1OC(=O)C[C@H]1[C@@H]2C(=O)O. The predicted molar refractivity (Wildman–Crippen MR) is 55.2 cm³/mol. The van der Waals surface area contributed by atoms with Crippen molar-refractivity contribution in [1.29, 1.82) is 0 Å². The number of fused-ring (bicyclic) bond motifs is 3. The van der Waals surface area contributed by atoms with Crippen LogP contribution < -0.4 is 0 Å². The molecule has 3 heterocycles. The molecule has 98 valence electrons. The first-order valence-corrected chi connectivity index (χ1v) is 5.86. The molecule has 3 aliphatic rings. The molecule has 0 aromatic rings. The Balaban J connectivity index is 1.96. The zero-order valence-corrected chi connectivity index (χ0v) is 9.65. The van der Waals surface area contributed by atoms with Gasteiger partial charge in [0.2, 0.25) is 5.91 Å². The third-order valence-corrected chi connectivity index (χ3v) is 4.14. The third kappa shape index (κ3) is 1.19. The first-order valence-electron chi connectivity index (χ1n) is 5.86. The number of carbonyl (C=O) groups excluding carboxylic acids is 2. The number of rotatable bonds is 2. The van der Waals surface area contributed by atoms with Crippen LogP contribution >= 0.6 is 0 Å². The van der Waals surface area contributed by atoms with Gasteiger partial charge in [-0.2, -0.15) is 0 Å². The molecule has 0 aromatic heterocycles. The number of carboxylic acid groups (broad SMARTS) is 1. The zero-order valence-electron chi connectivity index (χ0n) is 9.65. The smallest absolute Gasteiger partial charge is 0.326 e. The summed E-state index contributed by atoms with van der Waals surface area (Å²) in [5.74, 6) is -3.07. The van der Waals surface area contributed by atoms with Crippen LogP contribution in [0.2, 0.25) is 0 Å². The van der Waals surface area contributed by atoms with Crippen molar-refractivity contribution in [3.8, 4) is 0 Å². The van der Waals surface area contributed by atoms with Gasteiger partial charge in [0.1, 0.15) is 12.1 Å². The molecule has 1 amide bonds. The van der Waals surface area contributed by atoms with Gasteiger partial charge in [-0.3, -0.25) is 9.59 Å². The topological polar surface area (TPSA) is 104 Å². The molecule has 0 spiro atoms. The van der Waals surface area contributed by atoms with E-state index in [1.54, 1.807) is 0 Å². The molecule has 3 rings (SSSR count). The Bertz CT molecular complexity index is 447. The highest BCUT2D eigenvalue weighted by molar-refractivity contribution is 5.94. The molecule has 0 aromatic carbocycles. The van der Waals surface area contributed by atoms with Gasteiger partial charge in [-0.1, -0.05) is 0 Å². The van der Waals surface area contributed by atoms with Crippen LogP contribution in [0.1, 0.15) is 13.3 Å². The Morgan fingerprint density at radius 1 is 1.50 bits per heavy atom. The van der Waals surface area contributed by atoms with Gasteiger partial charge in [0, 0.05) is 5.92 Å². The van der Waals surface area contributed by atoms with Crippen LogP contribution in [0.3, 0.4) is 0 Å². The van der Waals surface area contributed by atoms with Crippen molar-refractivity contribution in [1.82, 2.24) is 4.90 Å². The van der Waals surface area contributed by atoms with Crippen LogP contribution in [0.25, 0.3) is 0 Å². The quantitative estimate of drug-likeness (QED) is 0.464. The standard InChI is InChI=1S/C11H13NO6/c1-3(13)6-8-9-4(2-5(14)18-9)7(11(16)17)12(8)10(6)15/h3-4,6-9,13H,2H2,1H3,(H,16,17)/t3-,4+,6-,7-,8+,9+/m1/s1. The predicted octanol–water partition coefficient (Wildman–Crippen LogP) is -1.41. The lowest BCUT2D eigenvalue weighted by molar-refractivity contribution is -0.177. The van der Waals surface area contributed by atoms with Gasteiger partial charge >= 0.3 is 11.9 Å². The molecule has 7 nitrogen and oxygen atoms in total. The Morgan fingerprint density at radius 3 is 2.72 bits per heavy atom. The lowest BCUT2D eigenvalue weighted by Crippen LogP contribution is -2.67. The van der Waals surface area contributed by atoms with Crippen molar-refractivity contribution in [2.45, 2.75) is 37.6 Å². The van der Waals surface area contributed by atoms with Gasteiger partial charge in [0.15, 0.2) is 0 Å². The summed E-state index contributed by atoms with van der Waals surface area (Å²) < 4.78 is 5.12. The van der Waals surface area contributed by atoms with Crippen molar-refractivity contribution >= 4 is 17.8 Å². The second kappa shape index (κ2) is 3.44. The highest BCUT2D eigenvalue weighted by atomic mass is 16.6. The van der Waals surface area contributed by atoms with Crippen molar-refractivity contribution in [2.24, 2.45) is 11.8 Å². The van der Waals surface area contributed by atoms with E-state index in [1.165, 1.54) is 11.8 Å². The lowest BCUT2D eigenvalue weighted by atomic mass is 9.82. The van der Waals surface area contributed by atoms with E-state index < -0.39 is 48.1 Å². The summed E-state index contributed by atoms with van der Waals surface area (Å²) in [5.41, 5.74) is 0. The zero-order chi connectivity index (χ0) is 13.2. The minimum Gasteiger partial charge on any atom is -0.480 e. The van der Waals surface area contributed by atoms with E-state index in [2.05, 4.69) is 0 Å². The summed E-state index contributed by atoms with van der Waals surface area (Å²) in [6.45, 7) is 1.49. The van der Waals surface area contributed by atoms with E-state index in [0.29, 0.717) is 0 Å². The molecule has 0 bridgehead atoms.